The zero-order valence-corrected chi connectivity index (χ0v) is 18.6. The number of amides is 2. The molecule has 8 nitrogen and oxygen atoms in total. The lowest BCUT2D eigenvalue weighted by molar-refractivity contribution is -0.136. The van der Waals surface area contributed by atoms with E-state index in [1.54, 1.807) is 36.4 Å². The highest BCUT2D eigenvalue weighted by Crippen LogP contribution is 2.27. The molecule has 3 aromatic carbocycles. The highest BCUT2D eigenvalue weighted by atomic mass is 16.6. The standard InChI is InChI=1S/C26H23N3O5/c1-18-8-6-7-11-21(18)28-25(31)26(32)29-27-17-20-12-14-22(23(16-20)33-2)34-24(30)15-13-19-9-4-3-5-10-19/h3-17H,1-2H3,(H,28,31)(H,29,32). The molecule has 2 amide bonds. The summed E-state index contributed by atoms with van der Waals surface area (Å²) in [6.07, 6.45) is 4.30. The van der Waals surface area contributed by atoms with Gasteiger partial charge in [0.05, 0.1) is 13.3 Å². The zero-order valence-electron chi connectivity index (χ0n) is 18.6. The van der Waals surface area contributed by atoms with Crippen molar-refractivity contribution in [3.8, 4) is 11.5 Å². The van der Waals surface area contributed by atoms with E-state index in [1.807, 2.05) is 49.4 Å². The summed E-state index contributed by atoms with van der Waals surface area (Å²) < 4.78 is 10.6. The molecule has 0 bridgehead atoms. The molecule has 0 aliphatic rings. The molecule has 0 spiro atoms. The first kappa shape index (κ1) is 23.9. The van der Waals surface area contributed by atoms with Gasteiger partial charge in [0.1, 0.15) is 0 Å². The molecule has 0 atom stereocenters. The van der Waals surface area contributed by atoms with Crippen molar-refractivity contribution in [1.29, 1.82) is 0 Å². The van der Waals surface area contributed by atoms with Gasteiger partial charge >= 0.3 is 17.8 Å². The molecule has 172 valence electrons. The monoisotopic (exact) mass is 457 g/mol. The van der Waals surface area contributed by atoms with E-state index in [0.29, 0.717) is 17.0 Å². The third-order valence-corrected chi connectivity index (χ3v) is 4.59. The van der Waals surface area contributed by atoms with Crippen molar-refractivity contribution in [2.45, 2.75) is 6.92 Å². The summed E-state index contributed by atoms with van der Waals surface area (Å²) in [6, 6.07) is 21.2. The smallest absolute Gasteiger partial charge is 0.336 e. The number of nitrogens with zero attached hydrogens (tertiary/aromatic N) is 1. The molecule has 0 unspecified atom stereocenters. The van der Waals surface area contributed by atoms with Gasteiger partial charge in [-0.15, -0.1) is 0 Å². The number of rotatable bonds is 7. The molecule has 3 aromatic rings. The van der Waals surface area contributed by atoms with E-state index in [4.69, 9.17) is 9.47 Å². The van der Waals surface area contributed by atoms with Crippen molar-refractivity contribution in [1.82, 2.24) is 5.43 Å². The average Bonchev–Trinajstić information content (AvgIpc) is 2.85. The molecule has 34 heavy (non-hydrogen) atoms. The maximum Gasteiger partial charge on any atom is 0.336 e. The summed E-state index contributed by atoms with van der Waals surface area (Å²) in [5.74, 6) is -1.79. The van der Waals surface area contributed by atoms with Crippen LogP contribution in [-0.4, -0.2) is 31.1 Å². The molecular formula is C26H23N3O5. The summed E-state index contributed by atoms with van der Waals surface area (Å²) in [5, 5.41) is 6.32. The molecular weight excluding hydrogens is 434 g/mol. The Kier molecular flexibility index (Phi) is 8.29. The number of benzene rings is 3. The molecule has 0 saturated carbocycles. The van der Waals surface area contributed by atoms with Gasteiger partial charge in [-0.05, 0) is 54.0 Å². The second-order valence-corrected chi connectivity index (χ2v) is 7.04. The fourth-order valence-corrected chi connectivity index (χ4v) is 2.83. The lowest BCUT2D eigenvalue weighted by atomic mass is 10.2. The number of ether oxygens (including phenoxy) is 2. The van der Waals surface area contributed by atoms with Crippen LogP contribution in [0.4, 0.5) is 5.69 Å². The molecule has 0 aliphatic carbocycles. The molecule has 0 saturated heterocycles. The Morgan fingerprint density at radius 3 is 2.32 bits per heavy atom. The topological polar surface area (TPSA) is 106 Å². The van der Waals surface area contributed by atoms with Crippen LogP contribution in [0.1, 0.15) is 16.7 Å². The first-order valence-electron chi connectivity index (χ1n) is 10.3. The van der Waals surface area contributed by atoms with E-state index >= 15 is 0 Å². The van der Waals surface area contributed by atoms with E-state index < -0.39 is 17.8 Å². The number of esters is 1. The quantitative estimate of drug-likeness (QED) is 0.141. The summed E-state index contributed by atoms with van der Waals surface area (Å²) in [6.45, 7) is 1.82. The van der Waals surface area contributed by atoms with E-state index in [1.165, 1.54) is 19.4 Å². The summed E-state index contributed by atoms with van der Waals surface area (Å²) in [5.41, 5.74) is 4.96. The molecule has 0 radical (unpaired) electrons. The van der Waals surface area contributed by atoms with E-state index in [0.717, 1.165) is 11.1 Å². The number of para-hydroxylation sites is 1. The number of anilines is 1. The van der Waals surface area contributed by atoms with Gasteiger partial charge in [0.15, 0.2) is 11.5 Å². The van der Waals surface area contributed by atoms with Crippen LogP contribution in [0.2, 0.25) is 0 Å². The van der Waals surface area contributed by atoms with Gasteiger partial charge in [-0.2, -0.15) is 5.10 Å². The van der Waals surface area contributed by atoms with Crippen molar-refractivity contribution < 1.29 is 23.9 Å². The van der Waals surface area contributed by atoms with Crippen LogP contribution >= 0.6 is 0 Å². The van der Waals surface area contributed by atoms with Crippen LogP contribution in [0.5, 0.6) is 11.5 Å². The molecule has 2 N–H and O–H groups in total. The van der Waals surface area contributed by atoms with Gasteiger partial charge in [-0.3, -0.25) is 9.59 Å². The van der Waals surface area contributed by atoms with E-state index in [-0.39, 0.29) is 5.75 Å². The minimum absolute atomic E-state index is 0.226. The molecule has 0 aromatic heterocycles. The van der Waals surface area contributed by atoms with Crippen molar-refractivity contribution in [2.75, 3.05) is 12.4 Å². The van der Waals surface area contributed by atoms with Gasteiger partial charge in [0.25, 0.3) is 0 Å². The van der Waals surface area contributed by atoms with Crippen LogP contribution in [-0.2, 0) is 14.4 Å². The number of aryl methyl sites for hydroxylation is 1. The summed E-state index contributed by atoms with van der Waals surface area (Å²) in [7, 11) is 1.44. The fraction of sp³-hybridized carbons (Fsp3) is 0.0769. The average molecular weight is 457 g/mol. The molecule has 0 fully saturated rings. The summed E-state index contributed by atoms with van der Waals surface area (Å²) >= 11 is 0. The van der Waals surface area contributed by atoms with Crippen LogP contribution in [0.25, 0.3) is 6.08 Å². The molecule has 0 heterocycles. The SMILES string of the molecule is COc1cc(C=NNC(=O)C(=O)Nc2ccccc2C)ccc1OC(=O)C=Cc1ccccc1. The van der Waals surface area contributed by atoms with Crippen LogP contribution in [0.3, 0.4) is 0 Å². The number of carbonyl (C=O) groups is 3. The van der Waals surface area contributed by atoms with Gasteiger partial charge in [-0.25, -0.2) is 10.2 Å². The Morgan fingerprint density at radius 2 is 1.59 bits per heavy atom. The Morgan fingerprint density at radius 1 is 0.853 bits per heavy atom. The second-order valence-electron chi connectivity index (χ2n) is 7.04. The minimum Gasteiger partial charge on any atom is -0.493 e. The number of methoxy groups -OCH3 is 1. The molecule has 3 rings (SSSR count). The highest BCUT2D eigenvalue weighted by molar-refractivity contribution is 6.39. The van der Waals surface area contributed by atoms with Crippen molar-refractivity contribution in [2.24, 2.45) is 5.10 Å². The Labute approximate surface area is 196 Å². The first-order chi connectivity index (χ1) is 16.5. The maximum atomic E-state index is 12.1. The third-order valence-electron chi connectivity index (χ3n) is 4.59. The zero-order chi connectivity index (χ0) is 24.3. The van der Waals surface area contributed by atoms with Gasteiger partial charge < -0.3 is 14.8 Å². The van der Waals surface area contributed by atoms with Crippen molar-refractivity contribution >= 4 is 35.8 Å². The van der Waals surface area contributed by atoms with Gasteiger partial charge in [-0.1, -0.05) is 48.5 Å². The largest absolute Gasteiger partial charge is 0.493 e. The number of hydrogen-bond donors (Lipinski definition) is 2. The van der Waals surface area contributed by atoms with E-state index in [9.17, 15) is 14.4 Å². The molecule has 8 heteroatoms. The first-order valence-corrected chi connectivity index (χ1v) is 10.3. The lowest BCUT2D eigenvalue weighted by Crippen LogP contribution is -2.32. The lowest BCUT2D eigenvalue weighted by Gasteiger charge is -2.08. The Bertz CT molecular complexity index is 1240. The maximum absolute atomic E-state index is 12.1. The van der Waals surface area contributed by atoms with Crippen molar-refractivity contribution in [3.63, 3.8) is 0 Å². The number of carbonyl (C=O) groups excluding carboxylic acids is 3. The predicted octanol–water partition coefficient (Wildman–Crippen LogP) is 3.71. The van der Waals surface area contributed by atoms with Crippen molar-refractivity contribution in [3.05, 3.63) is 95.6 Å². The predicted molar refractivity (Wildman–Crippen MR) is 130 cm³/mol. The highest BCUT2D eigenvalue weighted by Gasteiger charge is 2.14. The Hall–Kier alpha value is -4.72. The number of hydrazone groups is 1. The van der Waals surface area contributed by atoms with Crippen LogP contribution in [0.15, 0.2) is 84.0 Å². The fourth-order valence-electron chi connectivity index (χ4n) is 2.83. The van der Waals surface area contributed by atoms with E-state index in [2.05, 4.69) is 15.8 Å². The second kappa shape index (κ2) is 11.8. The normalized spacial score (nSPS) is 10.8. The Balaban J connectivity index is 1.57. The molecule has 0 aliphatic heterocycles. The number of nitrogens with one attached hydrogen (secondary N) is 2. The van der Waals surface area contributed by atoms with Gasteiger partial charge in [0, 0.05) is 11.8 Å². The van der Waals surface area contributed by atoms with Crippen LogP contribution < -0.4 is 20.2 Å². The van der Waals surface area contributed by atoms with Crippen LogP contribution in [0, 0.1) is 6.92 Å². The number of hydrogen-bond acceptors (Lipinski definition) is 6. The van der Waals surface area contributed by atoms with Gasteiger partial charge in [0.2, 0.25) is 0 Å². The summed E-state index contributed by atoms with van der Waals surface area (Å²) in [4.78, 5) is 36.1. The third kappa shape index (κ3) is 6.89. The minimum atomic E-state index is -0.915.